The highest BCUT2D eigenvalue weighted by Crippen LogP contribution is 2.33. The number of amides is 1. The van der Waals surface area contributed by atoms with Crippen LogP contribution in [-0.4, -0.2) is 45.6 Å². The molecule has 0 radical (unpaired) electrons. The predicted molar refractivity (Wildman–Crippen MR) is 122 cm³/mol. The lowest BCUT2D eigenvalue weighted by atomic mass is 10.1. The molecule has 2 aromatic heterocycles. The minimum absolute atomic E-state index is 0.113. The average molecular weight is 438 g/mol. The van der Waals surface area contributed by atoms with E-state index in [-0.39, 0.29) is 11.2 Å². The second-order valence-electron chi connectivity index (χ2n) is 8.12. The summed E-state index contributed by atoms with van der Waals surface area (Å²) in [4.78, 5) is 17.5. The van der Waals surface area contributed by atoms with Gasteiger partial charge >= 0.3 is 0 Å². The molecule has 162 valence electrons. The van der Waals surface area contributed by atoms with Gasteiger partial charge in [-0.2, -0.15) is 0 Å². The lowest BCUT2D eigenvalue weighted by Gasteiger charge is -2.27. The Labute approximate surface area is 186 Å². The number of para-hydroxylation sites is 1. The first kappa shape index (κ1) is 20.2. The monoisotopic (exact) mass is 437 g/mol. The first-order valence-corrected chi connectivity index (χ1v) is 11.8. The van der Waals surface area contributed by atoms with Crippen LogP contribution in [-0.2, 0) is 17.8 Å². The van der Waals surface area contributed by atoms with Gasteiger partial charge in [0, 0.05) is 25.3 Å². The number of carbonyl (C=O) groups is 1. The van der Waals surface area contributed by atoms with Crippen LogP contribution < -0.4 is 9.80 Å². The molecular weight excluding hydrogens is 410 g/mol. The summed E-state index contributed by atoms with van der Waals surface area (Å²) in [7, 11) is 0. The van der Waals surface area contributed by atoms with Gasteiger partial charge in [0.2, 0.25) is 11.9 Å². The van der Waals surface area contributed by atoms with E-state index in [1.165, 1.54) is 36.6 Å². The molecule has 0 spiro atoms. The molecule has 3 aromatic rings. The van der Waals surface area contributed by atoms with Crippen LogP contribution in [0.25, 0.3) is 0 Å². The number of hydrogen-bond donors (Lipinski definition) is 0. The normalized spacial score (nSPS) is 17.1. The van der Waals surface area contributed by atoms with Gasteiger partial charge in [0.25, 0.3) is 0 Å². The zero-order chi connectivity index (χ0) is 21.2. The third kappa shape index (κ3) is 4.08. The summed E-state index contributed by atoms with van der Waals surface area (Å²) >= 11 is 1.48. The van der Waals surface area contributed by atoms with E-state index in [4.69, 9.17) is 4.42 Å². The van der Waals surface area contributed by atoms with Crippen LogP contribution in [0.4, 0.5) is 11.6 Å². The van der Waals surface area contributed by atoms with Crippen molar-refractivity contribution in [1.29, 1.82) is 0 Å². The van der Waals surface area contributed by atoms with Crippen LogP contribution in [0.1, 0.15) is 37.5 Å². The molecule has 0 saturated carbocycles. The maximum Gasteiger partial charge on any atom is 0.240 e. The summed E-state index contributed by atoms with van der Waals surface area (Å²) in [5, 5.41) is 9.50. The van der Waals surface area contributed by atoms with Gasteiger partial charge in [-0.3, -0.25) is 9.36 Å². The van der Waals surface area contributed by atoms with Gasteiger partial charge in [-0.1, -0.05) is 30.0 Å². The van der Waals surface area contributed by atoms with E-state index in [0.29, 0.717) is 6.54 Å². The predicted octanol–water partition coefficient (Wildman–Crippen LogP) is 3.98. The molecule has 0 N–H and O–H groups in total. The van der Waals surface area contributed by atoms with Crippen LogP contribution >= 0.6 is 11.8 Å². The smallest absolute Gasteiger partial charge is 0.240 e. The Morgan fingerprint density at radius 1 is 1.10 bits per heavy atom. The molecule has 1 fully saturated rings. The van der Waals surface area contributed by atoms with Gasteiger partial charge < -0.3 is 14.2 Å². The number of aromatic nitrogens is 3. The number of anilines is 2. The summed E-state index contributed by atoms with van der Waals surface area (Å²) in [5.41, 5.74) is 2.27. The third-order valence-electron chi connectivity index (χ3n) is 6.01. The zero-order valence-electron chi connectivity index (χ0n) is 17.7. The summed E-state index contributed by atoms with van der Waals surface area (Å²) in [6.07, 6.45) is 6.18. The number of piperidine rings is 1. The Balaban J connectivity index is 1.38. The van der Waals surface area contributed by atoms with E-state index < -0.39 is 0 Å². The number of hydrogen-bond acceptors (Lipinski definition) is 6. The molecule has 31 heavy (non-hydrogen) atoms. The molecule has 2 aliphatic rings. The Bertz CT molecular complexity index is 1040. The highest BCUT2D eigenvalue weighted by atomic mass is 32.2. The average Bonchev–Trinajstić information content (AvgIpc) is 3.55. The molecule has 4 heterocycles. The van der Waals surface area contributed by atoms with Crippen molar-refractivity contribution in [2.45, 2.75) is 49.6 Å². The number of nitrogens with zero attached hydrogens (tertiary/aromatic N) is 5. The minimum atomic E-state index is -0.264. The molecule has 7 nitrogen and oxygen atoms in total. The van der Waals surface area contributed by atoms with Crippen LogP contribution in [0.5, 0.6) is 0 Å². The number of furan rings is 1. The van der Waals surface area contributed by atoms with Gasteiger partial charge in [0.1, 0.15) is 5.76 Å². The van der Waals surface area contributed by atoms with Crippen molar-refractivity contribution in [3.05, 3.63) is 54.0 Å². The number of fused-ring (bicyclic) bond motifs is 1. The Morgan fingerprint density at radius 3 is 2.74 bits per heavy atom. The first-order chi connectivity index (χ1) is 15.2. The fourth-order valence-electron chi connectivity index (χ4n) is 4.39. The summed E-state index contributed by atoms with van der Waals surface area (Å²) < 4.78 is 7.69. The van der Waals surface area contributed by atoms with Gasteiger partial charge in [-0.05, 0) is 56.4 Å². The maximum absolute atomic E-state index is 13.3. The van der Waals surface area contributed by atoms with Gasteiger partial charge in [-0.15, -0.1) is 10.2 Å². The highest BCUT2D eigenvalue weighted by Gasteiger charge is 2.30. The fraction of sp³-hybridized carbons (Fsp3) is 0.435. The molecular formula is C23H27N5O2S. The number of benzene rings is 1. The Kier molecular flexibility index (Phi) is 5.72. The molecule has 2 aliphatic heterocycles. The lowest BCUT2D eigenvalue weighted by molar-refractivity contribution is -0.117. The summed E-state index contributed by atoms with van der Waals surface area (Å²) in [5.74, 6) is 1.83. The van der Waals surface area contributed by atoms with E-state index in [0.717, 1.165) is 48.6 Å². The molecule has 1 saturated heterocycles. The Morgan fingerprint density at radius 2 is 1.94 bits per heavy atom. The number of rotatable bonds is 6. The second-order valence-corrected chi connectivity index (χ2v) is 9.43. The largest absolute Gasteiger partial charge is 0.467 e. The quantitative estimate of drug-likeness (QED) is 0.544. The lowest BCUT2D eigenvalue weighted by Crippen LogP contribution is -2.35. The fourth-order valence-corrected chi connectivity index (χ4v) is 5.29. The van der Waals surface area contributed by atoms with E-state index in [1.807, 2.05) is 42.2 Å². The number of carbonyl (C=O) groups excluding carboxylic acids is 1. The second kappa shape index (κ2) is 8.78. The van der Waals surface area contributed by atoms with Crippen molar-refractivity contribution in [1.82, 2.24) is 14.8 Å². The van der Waals surface area contributed by atoms with E-state index in [1.54, 1.807) is 6.26 Å². The van der Waals surface area contributed by atoms with Crippen molar-refractivity contribution >= 4 is 29.3 Å². The zero-order valence-corrected chi connectivity index (χ0v) is 18.6. The van der Waals surface area contributed by atoms with Crippen LogP contribution in [0, 0.1) is 0 Å². The third-order valence-corrected chi connectivity index (χ3v) is 7.08. The highest BCUT2D eigenvalue weighted by molar-refractivity contribution is 8.00. The summed E-state index contributed by atoms with van der Waals surface area (Å²) in [6, 6.07) is 12.0. The molecule has 1 atom stereocenters. The molecule has 1 aromatic carbocycles. The van der Waals surface area contributed by atoms with E-state index in [2.05, 4.69) is 25.7 Å². The van der Waals surface area contributed by atoms with Crippen LogP contribution in [0.3, 0.4) is 0 Å². The van der Waals surface area contributed by atoms with Gasteiger partial charge in [0.05, 0.1) is 18.1 Å². The van der Waals surface area contributed by atoms with Crippen LogP contribution in [0.15, 0.2) is 52.2 Å². The topological polar surface area (TPSA) is 67.4 Å². The van der Waals surface area contributed by atoms with Gasteiger partial charge in [-0.25, -0.2) is 0 Å². The molecule has 0 unspecified atom stereocenters. The standard InChI is InChI=1S/C23H27N5O2S/c1-17(21(29)27-14-11-18-8-3-4-10-20(18)27)31-23-25-24-22(26-12-5-2-6-13-26)28(23)16-19-9-7-15-30-19/h3-4,7-10,15,17H,2,5-6,11-14,16H2,1H3/t17-/m1/s1. The maximum atomic E-state index is 13.3. The Hall–Kier alpha value is -2.74. The molecule has 0 bridgehead atoms. The van der Waals surface area contributed by atoms with E-state index >= 15 is 0 Å². The SMILES string of the molecule is C[C@@H](Sc1nnc(N2CCCCC2)n1Cc1ccco1)C(=O)N1CCc2ccccc21. The summed E-state index contributed by atoms with van der Waals surface area (Å²) in [6.45, 7) is 5.23. The van der Waals surface area contributed by atoms with Crippen LogP contribution in [0.2, 0.25) is 0 Å². The minimum Gasteiger partial charge on any atom is -0.467 e. The van der Waals surface area contributed by atoms with Crippen molar-refractivity contribution in [3.63, 3.8) is 0 Å². The van der Waals surface area contributed by atoms with Crippen molar-refractivity contribution < 1.29 is 9.21 Å². The van der Waals surface area contributed by atoms with E-state index in [9.17, 15) is 4.79 Å². The van der Waals surface area contributed by atoms with Crippen molar-refractivity contribution in [3.8, 4) is 0 Å². The number of thioether (sulfide) groups is 1. The van der Waals surface area contributed by atoms with Crippen molar-refractivity contribution in [2.24, 2.45) is 0 Å². The molecule has 1 amide bonds. The molecule has 0 aliphatic carbocycles. The van der Waals surface area contributed by atoms with Gasteiger partial charge in [0.15, 0.2) is 5.16 Å². The van der Waals surface area contributed by atoms with Crippen molar-refractivity contribution in [2.75, 3.05) is 29.4 Å². The molecule has 5 rings (SSSR count). The molecule has 8 heteroatoms. The first-order valence-electron chi connectivity index (χ1n) is 11.0.